The van der Waals surface area contributed by atoms with Crippen molar-refractivity contribution >= 4 is 17.3 Å². The number of hydrogen-bond donors (Lipinski definition) is 2. The molecule has 2 N–H and O–H groups in total. The molecule has 0 spiro atoms. The van der Waals surface area contributed by atoms with Crippen LogP contribution in [0.3, 0.4) is 0 Å². The summed E-state index contributed by atoms with van der Waals surface area (Å²) < 4.78 is 0. The first kappa shape index (κ1) is 11.6. The molecule has 1 aromatic rings. The molecule has 1 aliphatic rings. The Morgan fingerprint density at radius 1 is 1.47 bits per heavy atom. The molecule has 0 saturated heterocycles. The molecule has 2 rings (SSSR count). The quantitative estimate of drug-likeness (QED) is 0.457. The fourth-order valence-corrected chi connectivity index (χ4v) is 2.19. The van der Waals surface area contributed by atoms with Crippen molar-refractivity contribution in [3.05, 3.63) is 29.8 Å². The smallest absolute Gasteiger partial charge is 0.263 e. The summed E-state index contributed by atoms with van der Waals surface area (Å²) in [5, 5.41) is 22.2. The highest BCUT2D eigenvalue weighted by Gasteiger charge is 2.48. The molecule has 17 heavy (non-hydrogen) atoms. The zero-order valence-electron chi connectivity index (χ0n) is 9.71. The molecule has 0 bridgehead atoms. The summed E-state index contributed by atoms with van der Waals surface area (Å²) in [6.45, 7) is 1.56. The SMILES string of the molecule is CC(C[C@@]1(O)C(=O)N(C)c2ccccc21)=NO. The minimum Gasteiger partial charge on any atom is -0.411 e. The Morgan fingerprint density at radius 2 is 2.12 bits per heavy atom. The fourth-order valence-electron chi connectivity index (χ4n) is 2.19. The molecule has 1 aromatic carbocycles. The molecule has 0 aliphatic carbocycles. The van der Waals surface area contributed by atoms with Crippen molar-refractivity contribution in [3.63, 3.8) is 0 Å². The second-order valence-electron chi connectivity index (χ2n) is 4.25. The molecule has 0 saturated carbocycles. The van der Waals surface area contributed by atoms with E-state index in [4.69, 9.17) is 5.21 Å². The average Bonchev–Trinajstić information content (AvgIpc) is 2.53. The second-order valence-corrected chi connectivity index (χ2v) is 4.25. The molecule has 5 nitrogen and oxygen atoms in total. The van der Waals surface area contributed by atoms with Crippen LogP contribution in [0.5, 0.6) is 0 Å². The molecular formula is C12H14N2O3. The largest absolute Gasteiger partial charge is 0.411 e. The molecule has 0 fully saturated rings. The highest BCUT2D eigenvalue weighted by Crippen LogP contribution is 2.41. The van der Waals surface area contributed by atoms with Crippen LogP contribution in [0, 0.1) is 0 Å². The normalized spacial score (nSPS) is 24.1. The lowest BCUT2D eigenvalue weighted by molar-refractivity contribution is -0.135. The number of likely N-dealkylation sites (N-methyl/N-ethyl adjacent to an activating group) is 1. The Bertz CT molecular complexity index is 498. The molecular weight excluding hydrogens is 220 g/mol. The van der Waals surface area contributed by atoms with Gasteiger partial charge < -0.3 is 15.2 Å². The number of anilines is 1. The van der Waals surface area contributed by atoms with Crippen molar-refractivity contribution in [1.29, 1.82) is 0 Å². The third-order valence-corrected chi connectivity index (χ3v) is 3.05. The van der Waals surface area contributed by atoms with Crippen LogP contribution in [-0.4, -0.2) is 29.0 Å². The van der Waals surface area contributed by atoms with Gasteiger partial charge >= 0.3 is 0 Å². The van der Waals surface area contributed by atoms with E-state index in [1.54, 1.807) is 38.2 Å². The first-order valence-corrected chi connectivity index (χ1v) is 5.28. The van der Waals surface area contributed by atoms with Gasteiger partial charge in [0.2, 0.25) is 0 Å². The fraction of sp³-hybridized carbons (Fsp3) is 0.333. The molecule has 1 amide bonds. The summed E-state index contributed by atoms with van der Waals surface area (Å²) in [6, 6.07) is 7.06. The van der Waals surface area contributed by atoms with Crippen LogP contribution in [0.4, 0.5) is 5.69 Å². The Kier molecular flexibility index (Phi) is 2.63. The first-order valence-electron chi connectivity index (χ1n) is 5.28. The van der Waals surface area contributed by atoms with Gasteiger partial charge in [-0.1, -0.05) is 23.4 Å². The Morgan fingerprint density at radius 3 is 2.76 bits per heavy atom. The molecule has 0 aromatic heterocycles. The van der Waals surface area contributed by atoms with Gasteiger partial charge in [0, 0.05) is 19.0 Å². The Balaban J connectivity index is 2.52. The third kappa shape index (κ3) is 1.59. The molecule has 5 heteroatoms. The molecule has 1 heterocycles. The maximum absolute atomic E-state index is 12.1. The highest BCUT2D eigenvalue weighted by molar-refractivity contribution is 6.08. The summed E-state index contributed by atoms with van der Waals surface area (Å²) in [5.74, 6) is -0.401. The average molecular weight is 234 g/mol. The van der Waals surface area contributed by atoms with E-state index in [1.807, 2.05) is 0 Å². The van der Waals surface area contributed by atoms with Crippen molar-refractivity contribution in [1.82, 2.24) is 0 Å². The Labute approximate surface area is 99.0 Å². The number of benzene rings is 1. The summed E-state index contributed by atoms with van der Waals surface area (Å²) in [7, 11) is 1.62. The van der Waals surface area contributed by atoms with Crippen LogP contribution in [-0.2, 0) is 10.4 Å². The maximum Gasteiger partial charge on any atom is 0.263 e. The van der Waals surface area contributed by atoms with Gasteiger partial charge in [-0.3, -0.25) is 4.79 Å². The molecule has 1 aliphatic heterocycles. The summed E-state index contributed by atoms with van der Waals surface area (Å²) >= 11 is 0. The van der Waals surface area contributed by atoms with Crippen LogP contribution in [0.1, 0.15) is 18.9 Å². The molecule has 1 atom stereocenters. The lowest BCUT2D eigenvalue weighted by atomic mass is 9.90. The van der Waals surface area contributed by atoms with E-state index in [2.05, 4.69) is 5.16 Å². The van der Waals surface area contributed by atoms with Gasteiger partial charge in [0.1, 0.15) is 0 Å². The van der Waals surface area contributed by atoms with E-state index in [9.17, 15) is 9.90 Å². The number of oxime groups is 1. The van der Waals surface area contributed by atoms with Gasteiger partial charge in [0.05, 0.1) is 11.4 Å². The van der Waals surface area contributed by atoms with Crippen LogP contribution in [0.2, 0.25) is 0 Å². The zero-order chi connectivity index (χ0) is 12.6. The van der Waals surface area contributed by atoms with Crippen molar-refractivity contribution < 1.29 is 15.1 Å². The minimum absolute atomic E-state index is 0.0102. The third-order valence-electron chi connectivity index (χ3n) is 3.05. The first-order chi connectivity index (χ1) is 8.00. The zero-order valence-corrected chi connectivity index (χ0v) is 9.71. The number of nitrogens with zero attached hydrogens (tertiary/aromatic N) is 2. The van der Waals surface area contributed by atoms with Crippen LogP contribution in [0.15, 0.2) is 29.4 Å². The van der Waals surface area contributed by atoms with E-state index >= 15 is 0 Å². The molecule has 90 valence electrons. The van der Waals surface area contributed by atoms with Crippen molar-refractivity contribution in [2.45, 2.75) is 18.9 Å². The van der Waals surface area contributed by atoms with Gasteiger partial charge in [-0.15, -0.1) is 0 Å². The van der Waals surface area contributed by atoms with E-state index < -0.39 is 11.5 Å². The molecule has 0 radical (unpaired) electrons. The van der Waals surface area contributed by atoms with Gasteiger partial charge in [-0.05, 0) is 13.0 Å². The monoisotopic (exact) mass is 234 g/mol. The van der Waals surface area contributed by atoms with Crippen LogP contribution < -0.4 is 4.90 Å². The number of aliphatic hydroxyl groups is 1. The van der Waals surface area contributed by atoms with Gasteiger partial charge in [0.25, 0.3) is 5.91 Å². The van der Waals surface area contributed by atoms with Crippen LogP contribution >= 0.6 is 0 Å². The number of amides is 1. The molecule has 0 unspecified atom stereocenters. The van der Waals surface area contributed by atoms with Crippen molar-refractivity contribution in [2.75, 3.05) is 11.9 Å². The number of rotatable bonds is 2. The number of carbonyl (C=O) groups excluding carboxylic acids is 1. The summed E-state index contributed by atoms with van der Waals surface area (Å²) in [5.41, 5.74) is -0.0750. The van der Waals surface area contributed by atoms with E-state index in [1.165, 1.54) is 4.90 Å². The maximum atomic E-state index is 12.1. The van der Waals surface area contributed by atoms with E-state index in [0.717, 1.165) is 0 Å². The van der Waals surface area contributed by atoms with Gasteiger partial charge in [0.15, 0.2) is 5.60 Å². The predicted molar refractivity (Wildman–Crippen MR) is 63.3 cm³/mol. The number of hydrogen-bond acceptors (Lipinski definition) is 4. The number of fused-ring (bicyclic) bond motifs is 1. The van der Waals surface area contributed by atoms with E-state index in [-0.39, 0.29) is 6.42 Å². The van der Waals surface area contributed by atoms with Gasteiger partial charge in [-0.2, -0.15) is 0 Å². The summed E-state index contributed by atoms with van der Waals surface area (Å²) in [4.78, 5) is 13.5. The highest BCUT2D eigenvalue weighted by atomic mass is 16.4. The predicted octanol–water partition coefficient (Wildman–Crippen LogP) is 1.09. The van der Waals surface area contributed by atoms with Crippen LogP contribution in [0.25, 0.3) is 0 Å². The van der Waals surface area contributed by atoms with Crippen molar-refractivity contribution in [3.8, 4) is 0 Å². The Hall–Kier alpha value is -1.88. The van der Waals surface area contributed by atoms with Crippen molar-refractivity contribution in [2.24, 2.45) is 5.16 Å². The minimum atomic E-state index is -1.62. The topological polar surface area (TPSA) is 73.1 Å². The van der Waals surface area contributed by atoms with Gasteiger partial charge in [-0.25, -0.2) is 0 Å². The second kappa shape index (κ2) is 3.85. The number of carbonyl (C=O) groups is 1. The lowest BCUT2D eigenvalue weighted by Crippen LogP contribution is -2.39. The lowest BCUT2D eigenvalue weighted by Gasteiger charge is -2.21. The summed E-state index contributed by atoms with van der Waals surface area (Å²) in [6.07, 6.45) is -0.0102. The van der Waals surface area contributed by atoms with E-state index in [0.29, 0.717) is 17.0 Å². The standard InChI is InChI=1S/C12H14N2O3/c1-8(13-17)7-12(16)9-5-3-4-6-10(9)14(2)11(12)15/h3-6,16-17H,7H2,1-2H3/t12-/m0/s1. The number of para-hydroxylation sites is 1.